The molecule has 10 atom stereocenters. The summed E-state index contributed by atoms with van der Waals surface area (Å²) < 4.78 is 10.3. The fraction of sp³-hybridized carbons (Fsp3) is 0.440. The number of benzene rings is 10. The number of aliphatic hydroxyl groups excluding tert-OH is 4. The molecule has 6 heterocycles. The molecule has 128 heavy (non-hydrogen) atoms. The molecule has 2 unspecified atom stereocenters. The molecule has 0 aromatic heterocycles. The molecule has 0 bridgehead atoms. The van der Waals surface area contributed by atoms with E-state index in [1.54, 1.807) is 0 Å². The van der Waals surface area contributed by atoms with Crippen molar-refractivity contribution in [2.75, 3.05) is 112 Å². The Kier molecular flexibility index (Phi) is 51.3. The summed E-state index contributed by atoms with van der Waals surface area (Å²) in [7, 11) is 0. The van der Waals surface area contributed by atoms with E-state index in [1.807, 2.05) is 55.5 Å². The minimum absolute atomic E-state index is 0. The van der Waals surface area contributed by atoms with E-state index in [4.69, 9.17) is 9.47 Å². The molecule has 16 rings (SSSR count). The zero-order valence-electron chi connectivity index (χ0n) is 76.1. The van der Waals surface area contributed by atoms with Gasteiger partial charge in [-0.25, -0.2) is 0 Å². The van der Waals surface area contributed by atoms with Crippen LogP contribution in [0.5, 0.6) is 0 Å². The molecular formula is C109H156AlLiN10O7. The monoisotopic (exact) mass is 1750 g/mol. The van der Waals surface area contributed by atoms with Crippen LogP contribution in [0.2, 0.25) is 0 Å². The van der Waals surface area contributed by atoms with Crippen molar-refractivity contribution in [3.63, 3.8) is 0 Å². The van der Waals surface area contributed by atoms with Crippen LogP contribution in [0.1, 0.15) is 134 Å². The second-order valence-electron chi connectivity index (χ2n) is 34.4. The van der Waals surface area contributed by atoms with Gasteiger partial charge in [0.25, 0.3) is 0 Å². The van der Waals surface area contributed by atoms with Crippen LogP contribution in [0, 0.1) is 0 Å². The van der Waals surface area contributed by atoms with E-state index in [1.165, 1.54) is 68.5 Å². The molecule has 6 fully saturated rings. The SMILES string of the molecule is C.C.C.C1CCOC1.CCOC(=O)C1CN(Cc2ccccc2)CC(C)N1Cc1ccccc1.C[C@@H]1CN(Cc2ccccc2)C[C@@H](CO)N1Cc1ccccc1.C[C@@H]1CN(Cc2ccccc2)C[C@H](CO)N1Cc1ccccc1.C[C@H]1CN(Cc2ccccc2)C[C@@H](CO)N1Cc1ccccc1.C[C@H]1CN(Cc2ccccc2)C[C@H](CO)N1Cc1ccccc1.[AlH3].[H-].[Li+]. The van der Waals surface area contributed by atoms with Crippen molar-refractivity contribution in [3.05, 3.63) is 359 Å². The van der Waals surface area contributed by atoms with Gasteiger partial charge in [0.2, 0.25) is 0 Å². The summed E-state index contributed by atoms with van der Waals surface area (Å²) in [6.07, 6.45) is 2.56. The predicted octanol–water partition coefficient (Wildman–Crippen LogP) is 13.0. The zero-order chi connectivity index (χ0) is 86.2. The molecule has 4 N–H and O–H groups in total. The summed E-state index contributed by atoms with van der Waals surface area (Å²) >= 11 is 0. The van der Waals surface area contributed by atoms with E-state index in [0.29, 0.717) is 37.3 Å². The standard InChI is InChI=1S/C22H28N2O2.4C20H26N2O.C4H8O.3CH4.Al.Li.4H/c1-3-26-22(25)21-17-23(15-19-10-6-4-7-11-19)14-18(2)24(21)16-20-12-8-5-9-13-20;4*1-17-12-21(13-18-8-4-2-5-9-18)15-20(16-23)22(17)14-19-10-6-3-7-11-19;1-2-4-5-3-1;;;;;;;;;/h4-13,18,21H,3,14-17H2,1-2H3;4*2-11,17,20,23H,12-16H2,1H3;1-4H2;3*1H4;;;;;;/q;;;;;;;;;;+1;;;;-1/t;2*17-,20+;2*17-,20-;;;;;;;;;;/m.1010........../s1. The smallest absolute Gasteiger partial charge is 1.00 e. The first-order chi connectivity index (χ1) is 60.2. The molecule has 10 aromatic rings. The summed E-state index contributed by atoms with van der Waals surface area (Å²) in [4.78, 5) is 36.9. The molecule has 19 heteroatoms. The van der Waals surface area contributed by atoms with Crippen molar-refractivity contribution in [3.8, 4) is 0 Å². The maximum atomic E-state index is 12.7. The van der Waals surface area contributed by atoms with Gasteiger partial charge in [0.05, 0.1) is 33.0 Å². The van der Waals surface area contributed by atoms with Crippen molar-refractivity contribution in [2.24, 2.45) is 0 Å². The molecule has 6 saturated heterocycles. The first-order valence-corrected chi connectivity index (χ1v) is 45.2. The van der Waals surface area contributed by atoms with E-state index < -0.39 is 0 Å². The molecule has 688 valence electrons. The maximum Gasteiger partial charge on any atom is 1.00 e. The van der Waals surface area contributed by atoms with Gasteiger partial charge in [-0.3, -0.25) is 53.8 Å². The Labute approximate surface area is 795 Å². The van der Waals surface area contributed by atoms with Gasteiger partial charge in [-0.15, -0.1) is 0 Å². The third kappa shape index (κ3) is 36.1. The number of hydrogen-bond acceptors (Lipinski definition) is 17. The first kappa shape index (κ1) is 109. The molecule has 17 nitrogen and oxygen atoms in total. The normalized spacial score (nSPS) is 21.9. The summed E-state index contributed by atoms with van der Waals surface area (Å²) in [6.45, 7) is 35.0. The molecule has 0 radical (unpaired) electrons. The van der Waals surface area contributed by atoms with Crippen molar-refractivity contribution in [1.82, 2.24) is 49.0 Å². The number of carbonyl (C=O) groups excluding carboxylic acids is 1. The van der Waals surface area contributed by atoms with E-state index in [0.717, 1.165) is 138 Å². The fourth-order valence-electron chi connectivity index (χ4n) is 18.3. The van der Waals surface area contributed by atoms with Gasteiger partial charge in [-0.1, -0.05) is 326 Å². The minimum atomic E-state index is -0.234. The number of carbonyl (C=O) groups is 1. The Balaban J connectivity index is 0.000000278. The Morgan fingerprint density at radius 2 is 0.461 bits per heavy atom. The number of hydrogen-bond donors (Lipinski definition) is 4. The number of nitrogens with zero attached hydrogens (tertiary/aromatic N) is 10. The third-order valence-corrected chi connectivity index (χ3v) is 24.5. The quantitative estimate of drug-likeness (QED) is 0.0301. The van der Waals surface area contributed by atoms with Gasteiger partial charge < -0.3 is 31.3 Å². The van der Waals surface area contributed by atoms with Gasteiger partial charge in [0.1, 0.15) is 6.04 Å². The molecule has 0 spiro atoms. The Bertz CT molecular complexity index is 4010. The predicted molar refractivity (Wildman–Crippen MR) is 531 cm³/mol. The number of rotatable bonds is 26. The number of esters is 1. The van der Waals surface area contributed by atoms with Gasteiger partial charge in [-0.05, 0) is 110 Å². The molecule has 0 amide bonds. The van der Waals surface area contributed by atoms with E-state index in [9.17, 15) is 25.2 Å². The van der Waals surface area contributed by atoms with Crippen molar-refractivity contribution in [2.45, 2.75) is 203 Å². The largest absolute Gasteiger partial charge is 1.00 e. The Morgan fingerprint density at radius 3 is 0.633 bits per heavy atom. The van der Waals surface area contributed by atoms with Gasteiger partial charge >= 0.3 is 24.8 Å². The van der Waals surface area contributed by atoms with Crippen LogP contribution in [-0.4, -0.2) is 265 Å². The van der Waals surface area contributed by atoms with Gasteiger partial charge in [-0.2, -0.15) is 0 Å². The molecule has 0 saturated carbocycles. The van der Waals surface area contributed by atoms with Crippen LogP contribution in [-0.2, 0) is 79.7 Å². The summed E-state index contributed by atoms with van der Waals surface area (Å²) in [6, 6.07) is 108. The topological polar surface area (TPSA) is 149 Å². The third-order valence-electron chi connectivity index (χ3n) is 24.5. The summed E-state index contributed by atoms with van der Waals surface area (Å²) in [5.41, 5.74) is 13.1. The van der Waals surface area contributed by atoms with Gasteiger partial charge in [0, 0.05) is 198 Å². The van der Waals surface area contributed by atoms with Crippen molar-refractivity contribution >= 4 is 23.3 Å². The van der Waals surface area contributed by atoms with Crippen LogP contribution < -0.4 is 18.9 Å². The average Bonchev–Trinajstić information content (AvgIpc) is 0.909. The first-order valence-electron chi connectivity index (χ1n) is 45.2. The second-order valence-corrected chi connectivity index (χ2v) is 34.4. The van der Waals surface area contributed by atoms with E-state index in [2.05, 4.69) is 338 Å². The Morgan fingerprint density at radius 1 is 0.289 bits per heavy atom. The summed E-state index contributed by atoms with van der Waals surface area (Å²) in [5.74, 6) is -0.118. The number of aliphatic hydroxyl groups is 4. The molecular weight excluding hydrogens is 1600 g/mol. The molecule has 6 aliphatic rings. The van der Waals surface area contributed by atoms with Crippen LogP contribution in [0.4, 0.5) is 0 Å². The van der Waals surface area contributed by atoms with Crippen LogP contribution in [0.3, 0.4) is 0 Å². The molecule has 0 aliphatic carbocycles. The average molecular weight is 1750 g/mol. The van der Waals surface area contributed by atoms with Gasteiger partial charge in [0.15, 0.2) is 17.4 Å². The molecule has 10 aromatic carbocycles. The maximum absolute atomic E-state index is 12.7. The second kappa shape index (κ2) is 60.3. The fourth-order valence-corrected chi connectivity index (χ4v) is 18.3. The van der Waals surface area contributed by atoms with Crippen molar-refractivity contribution in [1.29, 1.82) is 0 Å². The Hall–Kier alpha value is -7.80. The van der Waals surface area contributed by atoms with Crippen LogP contribution in [0.15, 0.2) is 303 Å². The molecule has 6 aliphatic heterocycles. The summed E-state index contributed by atoms with van der Waals surface area (Å²) in [5, 5.41) is 39.5. The number of piperazine rings is 5. The minimum Gasteiger partial charge on any atom is -1.00 e. The van der Waals surface area contributed by atoms with Crippen molar-refractivity contribution < 1.29 is 55.0 Å². The number of ether oxygens (including phenoxy) is 2. The van der Waals surface area contributed by atoms with Crippen LogP contribution in [0.25, 0.3) is 0 Å². The van der Waals surface area contributed by atoms with Crippen LogP contribution >= 0.6 is 0 Å². The van der Waals surface area contributed by atoms with E-state index in [-0.39, 0.29) is 129 Å². The van der Waals surface area contributed by atoms with E-state index >= 15 is 0 Å². The zero-order valence-corrected chi connectivity index (χ0v) is 75.1.